The first-order valence-electron chi connectivity index (χ1n) is 9.73. The summed E-state index contributed by atoms with van der Waals surface area (Å²) in [5.41, 5.74) is 1.39. The summed E-state index contributed by atoms with van der Waals surface area (Å²) in [5.74, 6) is 1.35. The maximum absolute atomic E-state index is 12.9. The number of nitrogens with one attached hydrogen (secondary N) is 1. The summed E-state index contributed by atoms with van der Waals surface area (Å²) in [7, 11) is -3.51. The number of benzene rings is 1. The molecule has 0 radical (unpaired) electrons. The molecule has 27 heavy (non-hydrogen) atoms. The Bertz CT molecular complexity index is 950. The lowest BCUT2D eigenvalue weighted by atomic mass is 9.92. The van der Waals surface area contributed by atoms with Crippen molar-refractivity contribution in [3.05, 3.63) is 23.0 Å². The minimum absolute atomic E-state index is 0.290. The first kappa shape index (κ1) is 20.5. The second-order valence-electron chi connectivity index (χ2n) is 7.78. The van der Waals surface area contributed by atoms with Crippen LogP contribution in [0.25, 0.3) is 11.1 Å². The second kappa shape index (κ2) is 8.03. The topological polar surface area (TPSA) is 59.9 Å². The zero-order valence-electron chi connectivity index (χ0n) is 16.6. The average Bonchev–Trinajstić information content (AvgIpc) is 2.90. The van der Waals surface area contributed by atoms with Gasteiger partial charge >= 0.3 is 0 Å². The summed E-state index contributed by atoms with van der Waals surface area (Å²) >= 11 is 5.44. The van der Waals surface area contributed by atoms with Crippen molar-refractivity contribution in [2.24, 2.45) is 11.8 Å². The van der Waals surface area contributed by atoms with Gasteiger partial charge in [0.25, 0.3) is 4.84 Å². The van der Waals surface area contributed by atoms with Crippen LogP contribution in [-0.4, -0.2) is 43.5 Å². The molecule has 1 saturated heterocycles. The molecule has 8 heteroatoms. The number of oxazole rings is 1. The number of aromatic nitrogens is 1. The zero-order valence-corrected chi connectivity index (χ0v) is 18.2. The largest absolute Gasteiger partial charge is 0.429 e. The predicted octanol–water partition coefficient (Wildman–Crippen LogP) is 2.51. The van der Waals surface area contributed by atoms with E-state index in [1.807, 2.05) is 18.4 Å². The quantitative estimate of drug-likeness (QED) is 0.741. The van der Waals surface area contributed by atoms with Crippen LogP contribution in [-0.2, 0) is 16.7 Å². The van der Waals surface area contributed by atoms with Gasteiger partial charge < -0.3 is 9.32 Å². The van der Waals surface area contributed by atoms with E-state index in [4.69, 9.17) is 16.6 Å². The summed E-state index contributed by atoms with van der Waals surface area (Å²) in [6.45, 7) is 12.1. The maximum Gasteiger partial charge on any atom is 0.274 e. The smallest absolute Gasteiger partial charge is 0.274 e. The highest BCUT2D eigenvalue weighted by Crippen LogP contribution is 2.24. The average molecular weight is 413 g/mol. The van der Waals surface area contributed by atoms with Crippen LogP contribution in [0.1, 0.15) is 34.1 Å². The molecule has 1 aromatic carbocycles. The van der Waals surface area contributed by atoms with Gasteiger partial charge in [-0.15, -0.1) is 0 Å². The molecule has 0 aliphatic carbocycles. The highest BCUT2D eigenvalue weighted by atomic mass is 32.2. The van der Waals surface area contributed by atoms with E-state index >= 15 is 0 Å². The van der Waals surface area contributed by atoms with Gasteiger partial charge in [-0.2, -0.15) is 4.31 Å². The third kappa shape index (κ3) is 4.13. The minimum Gasteiger partial charge on any atom is -0.429 e. The molecule has 2 heterocycles. The molecule has 1 unspecified atom stereocenters. The molecule has 1 fully saturated rings. The molecule has 0 amide bonds. The Morgan fingerprint density at radius 1 is 1.22 bits per heavy atom. The normalized spacial score (nSPS) is 24.0. The van der Waals surface area contributed by atoms with Crippen LogP contribution in [0.5, 0.6) is 0 Å². The Hall–Kier alpha value is -1.22. The highest BCUT2D eigenvalue weighted by Gasteiger charge is 2.27. The molecule has 2 aromatic rings. The molecule has 0 bridgehead atoms. The number of rotatable bonds is 6. The zero-order chi connectivity index (χ0) is 19.8. The summed E-state index contributed by atoms with van der Waals surface area (Å²) in [6.07, 6.45) is 1.26. The summed E-state index contributed by atoms with van der Waals surface area (Å²) < 4.78 is 34.9. The lowest BCUT2D eigenvalue weighted by molar-refractivity contribution is -0.934. The van der Waals surface area contributed by atoms with Crippen LogP contribution in [0.3, 0.4) is 0 Å². The van der Waals surface area contributed by atoms with Crippen LogP contribution >= 0.6 is 12.2 Å². The fourth-order valence-electron chi connectivity index (χ4n) is 4.34. The summed E-state index contributed by atoms with van der Waals surface area (Å²) in [6, 6.07) is 5.03. The van der Waals surface area contributed by atoms with Gasteiger partial charge in [-0.1, -0.05) is 27.7 Å². The highest BCUT2D eigenvalue weighted by molar-refractivity contribution is 7.89. The Morgan fingerprint density at radius 3 is 2.44 bits per heavy atom. The Labute approximate surface area is 166 Å². The molecule has 3 atom stereocenters. The Kier molecular flexibility index (Phi) is 6.10. The predicted molar refractivity (Wildman–Crippen MR) is 109 cm³/mol. The lowest BCUT2D eigenvalue weighted by Crippen LogP contribution is -3.13. The van der Waals surface area contributed by atoms with E-state index in [0.717, 1.165) is 18.6 Å². The van der Waals surface area contributed by atoms with Gasteiger partial charge in [0.1, 0.15) is 0 Å². The number of nitrogens with zero attached hydrogens (tertiary/aromatic N) is 2. The third-order valence-corrected chi connectivity index (χ3v) is 7.79. The molecule has 1 N–H and O–H groups in total. The van der Waals surface area contributed by atoms with Crippen molar-refractivity contribution in [1.29, 1.82) is 0 Å². The van der Waals surface area contributed by atoms with E-state index in [9.17, 15) is 8.42 Å². The van der Waals surface area contributed by atoms with Gasteiger partial charge in [-0.3, -0.25) is 4.57 Å². The maximum atomic E-state index is 12.9. The van der Waals surface area contributed by atoms with E-state index in [0.29, 0.717) is 46.9 Å². The molecule has 150 valence electrons. The number of quaternary nitrogens is 1. The number of hydrogen-bond donors (Lipinski definition) is 1. The molecular weight excluding hydrogens is 382 g/mol. The van der Waals surface area contributed by atoms with Crippen molar-refractivity contribution in [2.75, 3.05) is 26.2 Å². The van der Waals surface area contributed by atoms with Crippen molar-refractivity contribution in [1.82, 2.24) is 8.87 Å². The van der Waals surface area contributed by atoms with Crippen LogP contribution in [0.2, 0.25) is 0 Å². The van der Waals surface area contributed by atoms with Gasteiger partial charge in [0, 0.05) is 24.9 Å². The number of likely N-dealkylation sites (tertiary alicyclic amines) is 1. The lowest BCUT2D eigenvalue weighted by Gasteiger charge is -2.32. The molecule has 0 saturated carbocycles. The van der Waals surface area contributed by atoms with Crippen molar-refractivity contribution in [3.8, 4) is 0 Å². The third-order valence-electron chi connectivity index (χ3n) is 5.44. The van der Waals surface area contributed by atoms with Crippen molar-refractivity contribution < 1.29 is 17.7 Å². The number of sulfonamides is 1. The second-order valence-corrected chi connectivity index (χ2v) is 10.1. The first-order valence-corrected chi connectivity index (χ1v) is 11.6. The molecule has 1 aromatic heterocycles. The fourth-order valence-corrected chi connectivity index (χ4v) is 6.07. The molecular formula is C19H30N3O3S2+. The van der Waals surface area contributed by atoms with Crippen LogP contribution in [0.4, 0.5) is 0 Å². The number of hydrogen-bond acceptors (Lipinski definition) is 4. The summed E-state index contributed by atoms with van der Waals surface area (Å²) in [5, 5.41) is 0. The number of fused-ring (bicyclic) bond motifs is 1. The SMILES string of the molecule is CCN(CC)S(=O)(=O)c1ccc2oc(=S)n(C[NH+]3C[C@H](C)C[C@H](C)C3)c2c1. The van der Waals surface area contributed by atoms with E-state index in [1.165, 1.54) is 15.6 Å². The van der Waals surface area contributed by atoms with Crippen molar-refractivity contribution >= 4 is 33.3 Å². The van der Waals surface area contributed by atoms with Gasteiger partial charge in [-0.05, 0) is 36.8 Å². The fraction of sp³-hybridized carbons (Fsp3) is 0.632. The summed E-state index contributed by atoms with van der Waals surface area (Å²) in [4.78, 5) is 2.15. The van der Waals surface area contributed by atoms with Gasteiger partial charge in [-0.25, -0.2) is 8.42 Å². The van der Waals surface area contributed by atoms with Gasteiger partial charge in [0.05, 0.1) is 23.5 Å². The molecule has 6 nitrogen and oxygen atoms in total. The van der Waals surface area contributed by atoms with Crippen LogP contribution in [0.15, 0.2) is 27.5 Å². The van der Waals surface area contributed by atoms with E-state index < -0.39 is 10.0 Å². The van der Waals surface area contributed by atoms with Gasteiger partial charge in [0.2, 0.25) is 10.0 Å². The Morgan fingerprint density at radius 2 is 1.85 bits per heavy atom. The number of piperidine rings is 1. The van der Waals surface area contributed by atoms with Gasteiger partial charge in [0.15, 0.2) is 12.3 Å². The molecule has 1 aliphatic heterocycles. The van der Waals surface area contributed by atoms with E-state index in [1.54, 1.807) is 18.2 Å². The minimum atomic E-state index is -3.51. The van der Waals surface area contributed by atoms with E-state index in [2.05, 4.69) is 13.8 Å². The molecule has 1 aliphatic rings. The Balaban J connectivity index is 1.99. The van der Waals surface area contributed by atoms with Crippen LogP contribution < -0.4 is 4.90 Å². The van der Waals surface area contributed by atoms with Crippen LogP contribution in [0, 0.1) is 16.7 Å². The van der Waals surface area contributed by atoms with E-state index in [-0.39, 0.29) is 0 Å². The first-order chi connectivity index (χ1) is 12.8. The standard InChI is InChI=1S/C19H29N3O3S2/c1-5-21(6-2)27(23,24)16-7-8-18-17(10-16)22(19(26)25-18)13-20-11-14(3)9-15(4)12-20/h7-8,10,14-15H,5-6,9,11-13H2,1-4H3/p+1/t14-,15+. The van der Waals surface area contributed by atoms with Crippen molar-refractivity contribution in [2.45, 2.75) is 45.7 Å². The molecule has 0 spiro atoms. The molecule has 3 rings (SSSR count). The van der Waals surface area contributed by atoms with Crippen molar-refractivity contribution in [3.63, 3.8) is 0 Å². The monoisotopic (exact) mass is 412 g/mol.